The summed E-state index contributed by atoms with van der Waals surface area (Å²) < 4.78 is 14.7. The number of carbonyl (C=O) groups is 1. The van der Waals surface area contributed by atoms with Crippen LogP contribution in [-0.4, -0.2) is 21.2 Å². The van der Waals surface area contributed by atoms with Gasteiger partial charge in [0.2, 0.25) is 11.5 Å². The van der Waals surface area contributed by atoms with Crippen molar-refractivity contribution in [3.8, 4) is 27.6 Å². The summed E-state index contributed by atoms with van der Waals surface area (Å²) >= 11 is 1.39. The second-order valence-corrected chi connectivity index (χ2v) is 6.31. The monoisotopic (exact) mass is 364 g/mol. The van der Waals surface area contributed by atoms with Gasteiger partial charge >= 0.3 is 0 Å². The molecule has 0 atom stereocenters. The van der Waals surface area contributed by atoms with Crippen LogP contribution in [0.3, 0.4) is 0 Å². The van der Waals surface area contributed by atoms with E-state index in [1.54, 1.807) is 22.9 Å². The van der Waals surface area contributed by atoms with Crippen LogP contribution in [0.4, 0.5) is 10.2 Å². The first kappa shape index (κ1) is 16.2. The molecule has 0 aliphatic heterocycles. The number of hydrogen-bond acceptors (Lipinski definition) is 4. The molecular formula is C19H13FN4OS. The maximum absolute atomic E-state index is 13.1. The first-order chi connectivity index (χ1) is 12.7. The number of hydrogen-bond donors (Lipinski definition) is 1. The molecule has 0 aliphatic carbocycles. The molecule has 0 saturated heterocycles. The zero-order valence-corrected chi connectivity index (χ0v) is 14.3. The predicted octanol–water partition coefficient (Wildman–Crippen LogP) is 4.37. The molecule has 0 spiro atoms. The molecule has 2 aromatic carbocycles. The van der Waals surface area contributed by atoms with Gasteiger partial charge in [-0.25, -0.2) is 9.37 Å². The van der Waals surface area contributed by atoms with Gasteiger partial charge in [0.05, 0.1) is 11.4 Å². The van der Waals surface area contributed by atoms with E-state index in [9.17, 15) is 9.18 Å². The van der Waals surface area contributed by atoms with Gasteiger partial charge in [-0.3, -0.25) is 4.79 Å². The molecule has 2 heterocycles. The Morgan fingerprint density at radius 2 is 1.73 bits per heavy atom. The van der Waals surface area contributed by atoms with Crippen LogP contribution in [0, 0.1) is 5.82 Å². The van der Waals surface area contributed by atoms with Crippen LogP contribution in [0.15, 0.2) is 66.0 Å². The molecule has 0 saturated carbocycles. The molecule has 1 amide bonds. The van der Waals surface area contributed by atoms with Crippen molar-refractivity contribution in [1.29, 1.82) is 0 Å². The quantitative estimate of drug-likeness (QED) is 0.535. The fourth-order valence-electron chi connectivity index (χ4n) is 2.55. The molecule has 4 rings (SSSR count). The van der Waals surface area contributed by atoms with Crippen LogP contribution in [-0.2, 0) is 4.79 Å². The Balaban J connectivity index is 1.74. The maximum atomic E-state index is 13.1. The number of carbonyl (C=O) groups excluding carboxylic acids is 1. The van der Waals surface area contributed by atoms with Crippen LogP contribution < -0.4 is 5.32 Å². The summed E-state index contributed by atoms with van der Waals surface area (Å²) in [6, 6.07) is 17.6. The van der Waals surface area contributed by atoms with E-state index in [0.29, 0.717) is 17.4 Å². The number of benzene rings is 2. The molecule has 0 radical (unpaired) electrons. The molecular weight excluding hydrogens is 351 g/mol. The summed E-state index contributed by atoms with van der Waals surface area (Å²) in [6.07, 6.45) is 0.608. The average molecular weight is 364 g/mol. The highest BCUT2D eigenvalue weighted by molar-refractivity contribution is 7.12. The fourth-order valence-corrected chi connectivity index (χ4v) is 3.35. The minimum atomic E-state index is -0.291. The van der Waals surface area contributed by atoms with E-state index in [0.717, 1.165) is 22.5 Å². The average Bonchev–Trinajstić information content (AvgIpc) is 3.31. The standard InChI is InChI=1S/C19H13FN4OS/c20-15-8-6-14(7-9-15)17-11-26-19(22-17)24-18(21-12-25)10-16(23-24)13-4-2-1-3-5-13/h1-12H,(H,21,25). The molecule has 2 aromatic heterocycles. The van der Waals surface area contributed by atoms with Crippen LogP contribution in [0.2, 0.25) is 0 Å². The lowest BCUT2D eigenvalue weighted by atomic mass is 10.2. The van der Waals surface area contributed by atoms with Crippen LogP contribution >= 0.6 is 11.3 Å². The summed E-state index contributed by atoms with van der Waals surface area (Å²) in [5.74, 6) is 0.236. The number of aromatic nitrogens is 3. The first-order valence-electron chi connectivity index (χ1n) is 7.82. The number of halogens is 1. The molecule has 1 N–H and O–H groups in total. The minimum Gasteiger partial charge on any atom is -0.313 e. The topological polar surface area (TPSA) is 59.8 Å². The molecule has 0 unspecified atom stereocenters. The van der Waals surface area contributed by atoms with Gasteiger partial charge in [0.15, 0.2) is 0 Å². The lowest BCUT2D eigenvalue weighted by molar-refractivity contribution is -0.105. The Labute approximate surface area is 152 Å². The van der Waals surface area contributed by atoms with Crippen molar-refractivity contribution in [2.24, 2.45) is 0 Å². The van der Waals surface area contributed by atoms with E-state index < -0.39 is 0 Å². The summed E-state index contributed by atoms with van der Waals surface area (Å²) in [6.45, 7) is 0. The molecule has 128 valence electrons. The van der Waals surface area contributed by atoms with Gasteiger partial charge in [0.1, 0.15) is 11.6 Å². The van der Waals surface area contributed by atoms with Crippen molar-refractivity contribution in [1.82, 2.24) is 14.8 Å². The minimum absolute atomic E-state index is 0.291. The third-order valence-electron chi connectivity index (χ3n) is 3.80. The van der Waals surface area contributed by atoms with Crippen LogP contribution in [0.25, 0.3) is 27.6 Å². The van der Waals surface area contributed by atoms with E-state index >= 15 is 0 Å². The maximum Gasteiger partial charge on any atom is 0.212 e. The second kappa shape index (κ2) is 6.89. The van der Waals surface area contributed by atoms with Gasteiger partial charge in [-0.1, -0.05) is 30.3 Å². The van der Waals surface area contributed by atoms with Gasteiger partial charge in [0.25, 0.3) is 0 Å². The number of rotatable bonds is 5. The van der Waals surface area contributed by atoms with Crippen LogP contribution in [0.5, 0.6) is 0 Å². The number of nitrogens with one attached hydrogen (secondary N) is 1. The number of amides is 1. The van der Waals surface area contributed by atoms with Gasteiger partial charge in [0, 0.05) is 22.6 Å². The van der Waals surface area contributed by atoms with Crippen molar-refractivity contribution >= 4 is 23.6 Å². The van der Waals surface area contributed by atoms with E-state index in [-0.39, 0.29) is 5.82 Å². The predicted molar refractivity (Wildman–Crippen MR) is 99.8 cm³/mol. The van der Waals surface area contributed by atoms with Gasteiger partial charge < -0.3 is 5.32 Å². The molecule has 0 fully saturated rings. The summed E-state index contributed by atoms with van der Waals surface area (Å²) in [7, 11) is 0. The van der Waals surface area contributed by atoms with Crippen molar-refractivity contribution in [2.75, 3.05) is 5.32 Å². The Bertz CT molecular complexity index is 1040. The Morgan fingerprint density at radius 3 is 2.46 bits per heavy atom. The van der Waals surface area contributed by atoms with Gasteiger partial charge in [-0.2, -0.15) is 9.78 Å². The van der Waals surface area contributed by atoms with Crippen molar-refractivity contribution < 1.29 is 9.18 Å². The molecule has 26 heavy (non-hydrogen) atoms. The molecule has 4 aromatic rings. The lowest BCUT2D eigenvalue weighted by Gasteiger charge is -2.01. The highest BCUT2D eigenvalue weighted by Crippen LogP contribution is 2.28. The first-order valence-corrected chi connectivity index (χ1v) is 8.70. The molecule has 0 bridgehead atoms. The summed E-state index contributed by atoms with van der Waals surface area (Å²) in [4.78, 5) is 15.5. The van der Waals surface area contributed by atoms with Gasteiger partial charge in [-0.05, 0) is 24.3 Å². The third-order valence-corrected chi connectivity index (χ3v) is 4.62. The van der Waals surface area contributed by atoms with Crippen molar-refractivity contribution in [2.45, 2.75) is 0 Å². The molecule has 7 heteroatoms. The van der Waals surface area contributed by atoms with Crippen LogP contribution in [0.1, 0.15) is 0 Å². The summed E-state index contributed by atoms with van der Waals surface area (Å²) in [5.41, 5.74) is 3.21. The van der Waals surface area contributed by atoms with E-state index in [2.05, 4.69) is 15.4 Å². The van der Waals surface area contributed by atoms with E-state index in [1.165, 1.54) is 23.5 Å². The normalized spacial score (nSPS) is 10.7. The number of anilines is 1. The SMILES string of the molecule is O=CNc1cc(-c2ccccc2)nn1-c1nc(-c2ccc(F)cc2)cs1. The molecule has 0 aliphatic rings. The number of thiazole rings is 1. The fraction of sp³-hybridized carbons (Fsp3) is 0. The second-order valence-electron chi connectivity index (χ2n) is 5.48. The lowest BCUT2D eigenvalue weighted by Crippen LogP contribution is -2.04. The zero-order valence-electron chi connectivity index (χ0n) is 13.5. The Kier molecular flexibility index (Phi) is 4.28. The van der Waals surface area contributed by atoms with Gasteiger partial charge in [-0.15, -0.1) is 11.3 Å². The van der Waals surface area contributed by atoms with Crippen molar-refractivity contribution in [3.63, 3.8) is 0 Å². The Hall–Kier alpha value is -3.32. The van der Waals surface area contributed by atoms with E-state index in [4.69, 9.17) is 0 Å². The smallest absolute Gasteiger partial charge is 0.212 e. The Morgan fingerprint density at radius 1 is 1.00 bits per heavy atom. The van der Waals surface area contributed by atoms with E-state index in [1.807, 2.05) is 35.7 Å². The third kappa shape index (κ3) is 3.12. The highest BCUT2D eigenvalue weighted by atomic mass is 32.1. The van der Waals surface area contributed by atoms with Crippen molar-refractivity contribution in [3.05, 3.63) is 71.9 Å². The summed E-state index contributed by atoms with van der Waals surface area (Å²) in [5, 5.41) is 9.71. The molecule has 5 nitrogen and oxygen atoms in total. The number of nitrogens with zero attached hydrogens (tertiary/aromatic N) is 3. The highest BCUT2D eigenvalue weighted by Gasteiger charge is 2.14. The largest absolute Gasteiger partial charge is 0.313 e. The zero-order chi connectivity index (χ0) is 17.9.